The maximum atomic E-state index is 13.1. The van der Waals surface area contributed by atoms with Crippen molar-refractivity contribution in [2.75, 3.05) is 34.3 Å². The number of hydrogen-bond donors (Lipinski definition) is 2. The van der Waals surface area contributed by atoms with Gasteiger partial charge >= 0.3 is 5.97 Å². The summed E-state index contributed by atoms with van der Waals surface area (Å²) in [6, 6.07) is 22.4. The van der Waals surface area contributed by atoms with Crippen LogP contribution in [0, 0.1) is 0 Å². The van der Waals surface area contributed by atoms with Crippen LogP contribution in [-0.4, -0.2) is 77.8 Å². The molecule has 2 N–H and O–H groups in total. The first-order valence-corrected chi connectivity index (χ1v) is 13.0. The molecule has 1 aromatic heterocycles. The number of likely N-dealkylation sites (tertiary alicyclic amines) is 1. The summed E-state index contributed by atoms with van der Waals surface area (Å²) in [7, 11) is 5.50. The molecule has 0 aliphatic carbocycles. The van der Waals surface area contributed by atoms with Gasteiger partial charge in [0.15, 0.2) is 5.88 Å². The number of nitrogens with one attached hydrogen (secondary N) is 1. The number of rotatable bonds is 6. The molecular formula is C31H32N4O4. The average Bonchev–Trinajstić information content (AvgIpc) is 3.30. The second kappa shape index (κ2) is 11.1. The Morgan fingerprint density at radius 2 is 1.62 bits per heavy atom. The van der Waals surface area contributed by atoms with Crippen molar-refractivity contribution in [2.24, 2.45) is 4.99 Å². The van der Waals surface area contributed by atoms with Crippen LogP contribution in [0.4, 0.5) is 5.69 Å². The summed E-state index contributed by atoms with van der Waals surface area (Å²) in [6.45, 7) is 1.49. The molecule has 1 aliphatic heterocycles. The van der Waals surface area contributed by atoms with E-state index >= 15 is 0 Å². The summed E-state index contributed by atoms with van der Waals surface area (Å²) in [4.78, 5) is 37.1. The highest BCUT2D eigenvalue weighted by Crippen LogP contribution is 2.32. The number of aliphatic imine (C=N–C) groups is 1. The van der Waals surface area contributed by atoms with Gasteiger partial charge in [-0.2, -0.15) is 0 Å². The Balaban J connectivity index is 1.48. The van der Waals surface area contributed by atoms with Crippen LogP contribution < -0.4 is 0 Å². The van der Waals surface area contributed by atoms with Crippen molar-refractivity contribution in [1.82, 2.24) is 14.8 Å². The molecule has 0 spiro atoms. The number of fused-ring (bicyclic) bond motifs is 1. The maximum absolute atomic E-state index is 13.1. The number of carbonyl (C=O) groups is 2. The molecule has 0 saturated carbocycles. The van der Waals surface area contributed by atoms with E-state index in [0.29, 0.717) is 39.6 Å². The molecule has 200 valence electrons. The van der Waals surface area contributed by atoms with Gasteiger partial charge in [-0.15, -0.1) is 0 Å². The molecule has 1 aliphatic rings. The zero-order valence-electron chi connectivity index (χ0n) is 22.3. The standard InChI is InChI=1S/C31H32N4O4/c1-34(2)24-15-17-35(18-16-24)30(37)21-9-12-23(13-10-21)32-28(20-7-5-4-6-8-20)27-25-14-11-22(31(38)39-3)19-26(25)33-29(27)36/h4-14,19,24,33,36H,15-18H2,1-3H3. The van der Waals surface area contributed by atoms with Gasteiger partial charge in [0.1, 0.15) is 0 Å². The third-order valence-corrected chi connectivity index (χ3v) is 7.32. The lowest BCUT2D eigenvalue weighted by Crippen LogP contribution is -2.44. The second-order valence-electron chi connectivity index (χ2n) is 9.96. The first kappa shape index (κ1) is 26.2. The SMILES string of the molecule is COC(=O)c1ccc2c(C(=Nc3ccc(C(=O)N4CCC(N(C)C)CC4)cc3)c3ccccc3)c(O)[nH]c2c1. The van der Waals surface area contributed by atoms with Crippen molar-refractivity contribution >= 4 is 34.2 Å². The lowest BCUT2D eigenvalue weighted by molar-refractivity contribution is 0.0600. The smallest absolute Gasteiger partial charge is 0.337 e. The lowest BCUT2D eigenvalue weighted by Gasteiger charge is -2.35. The number of aromatic hydroxyl groups is 1. The van der Waals surface area contributed by atoms with E-state index in [-0.39, 0.29) is 11.8 Å². The van der Waals surface area contributed by atoms with E-state index in [9.17, 15) is 14.7 Å². The molecule has 3 aromatic carbocycles. The highest BCUT2D eigenvalue weighted by atomic mass is 16.5. The van der Waals surface area contributed by atoms with Gasteiger partial charge in [-0.25, -0.2) is 9.79 Å². The van der Waals surface area contributed by atoms with Crippen LogP contribution in [0.3, 0.4) is 0 Å². The second-order valence-corrected chi connectivity index (χ2v) is 9.96. The molecule has 8 nitrogen and oxygen atoms in total. The van der Waals surface area contributed by atoms with Crippen LogP contribution in [0.1, 0.15) is 44.7 Å². The Morgan fingerprint density at radius 1 is 0.949 bits per heavy atom. The minimum atomic E-state index is -0.457. The molecule has 5 rings (SSSR count). The van der Waals surface area contributed by atoms with E-state index in [1.165, 1.54) is 7.11 Å². The topological polar surface area (TPSA) is 98.2 Å². The number of aromatic nitrogens is 1. The number of ether oxygens (including phenoxy) is 1. The molecule has 1 saturated heterocycles. The van der Waals surface area contributed by atoms with Crippen molar-refractivity contribution in [3.8, 4) is 5.88 Å². The van der Waals surface area contributed by atoms with E-state index < -0.39 is 5.97 Å². The fourth-order valence-electron chi connectivity index (χ4n) is 5.10. The zero-order valence-corrected chi connectivity index (χ0v) is 22.3. The third-order valence-electron chi connectivity index (χ3n) is 7.32. The van der Waals surface area contributed by atoms with Gasteiger partial charge in [-0.3, -0.25) is 4.79 Å². The number of esters is 1. The number of carbonyl (C=O) groups excluding carboxylic acids is 2. The van der Waals surface area contributed by atoms with E-state index in [2.05, 4.69) is 24.0 Å². The Hall–Kier alpha value is -4.43. The van der Waals surface area contributed by atoms with Crippen molar-refractivity contribution in [1.29, 1.82) is 0 Å². The quantitative estimate of drug-likeness (QED) is 0.273. The minimum absolute atomic E-state index is 0.0294. The van der Waals surface area contributed by atoms with Crippen LogP contribution in [0.15, 0.2) is 77.8 Å². The predicted octanol–water partition coefficient (Wildman–Crippen LogP) is 5.00. The molecule has 1 amide bonds. The number of H-pyrrole nitrogens is 1. The average molecular weight is 525 g/mol. The van der Waals surface area contributed by atoms with Gasteiger partial charge in [0.2, 0.25) is 0 Å². The molecule has 0 unspecified atom stereocenters. The van der Waals surface area contributed by atoms with Crippen molar-refractivity contribution < 1.29 is 19.4 Å². The number of methoxy groups -OCH3 is 1. The van der Waals surface area contributed by atoms with Crippen LogP contribution in [0.2, 0.25) is 0 Å². The van der Waals surface area contributed by atoms with Crippen LogP contribution in [0.5, 0.6) is 5.88 Å². The molecule has 0 radical (unpaired) electrons. The molecular weight excluding hydrogens is 492 g/mol. The van der Waals surface area contributed by atoms with Crippen LogP contribution in [-0.2, 0) is 4.74 Å². The van der Waals surface area contributed by atoms with Gasteiger partial charge in [0.05, 0.1) is 29.6 Å². The molecule has 39 heavy (non-hydrogen) atoms. The van der Waals surface area contributed by atoms with Crippen molar-refractivity contribution in [2.45, 2.75) is 18.9 Å². The normalized spacial score (nSPS) is 14.7. The lowest BCUT2D eigenvalue weighted by atomic mass is 10.00. The fourth-order valence-corrected chi connectivity index (χ4v) is 5.10. The van der Waals surface area contributed by atoms with Crippen molar-refractivity contribution in [3.63, 3.8) is 0 Å². The largest absolute Gasteiger partial charge is 0.494 e. The Bertz CT molecular complexity index is 1520. The Kier molecular flexibility index (Phi) is 7.47. The predicted molar refractivity (Wildman–Crippen MR) is 152 cm³/mol. The Morgan fingerprint density at radius 3 is 2.26 bits per heavy atom. The van der Waals surface area contributed by atoms with E-state index in [1.807, 2.05) is 47.4 Å². The first-order valence-electron chi connectivity index (χ1n) is 13.0. The fraction of sp³-hybridized carbons (Fsp3) is 0.258. The summed E-state index contributed by atoms with van der Waals surface area (Å²) in [5, 5.41) is 11.7. The van der Waals surface area contributed by atoms with E-state index in [0.717, 1.165) is 36.9 Å². The Labute approximate surface area is 227 Å². The van der Waals surface area contributed by atoms with Crippen molar-refractivity contribution in [3.05, 3.63) is 95.1 Å². The van der Waals surface area contributed by atoms with E-state index in [4.69, 9.17) is 9.73 Å². The van der Waals surface area contributed by atoms with Crippen LogP contribution in [0.25, 0.3) is 10.9 Å². The highest BCUT2D eigenvalue weighted by molar-refractivity contribution is 6.22. The maximum Gasteiger partial charge on any atom is 0.337 e. The minimum Gasteiger partial charge on any atom is -0.494 e. The molecule has 2 heterocycles. The van der Waals surface area contributed by atoms with Gasteiger partial charge in [-0.1, -0.05) is 36.4 Å². The van der Waals surface area contributed by atoms with Crippen LogP contribution >= 0.6 is 0 Å². The number of nitrogens with zero attached hydrogens (tertiary/aromatic N) is 3. The molecule has 8 heteroatoms. The number of benzene rings is 3. The molecule has 0 bridgehead atoms. The van der Waals surface area contributed by atoms with Gasteiger partial charge in [-0.05, 0) is 63.3 Å². The summed E-state index contributed by atoms with van der Waals surface area (Å²) >= 11 is 0. The highest BCUT2D eigenvalue weighted by Gasteiger charge is 2.25. The molecule has 1 fully saturated rings. The van der Waals surface area contributed by atoms with Gasteiger partial charge in [0, 0.05) is 41.2 Å². The van der Waals surface area contributed by atoms with E-state index in [1.54, 1.807) is 30.3 Å². The number of hydrogen-bond acceptors (Lipinski definition) is 6. The molecule has 4 aromatic rings. The number of aromatic amines is 1. The van der Waals surface area contributed by atoms with Gasteiger partial charge < -0.3 is 24.6 Å². The summed E-state index contributed by atoms with van der Waals surface area (Å²) in [5.74, 6) is -0.481. The third kappa shape index (κ3) is 5.42. The first-order chi connectivity index (χ1) is 18.9. The molecule has 0 atom stereocenters. The number of amides is 1. The summed E-state index contributed by atoms with van der Waals surface area (Å²) in [5.41, 5.74) is 4.15. The van der Waals surface area contributed by atoms with Gasteiger partial charge in [0.25, 0.3) is 5.91 Å². The number of piperidine rings is 1. The summed E-state index contributed by atoms with van der Waals surface area (Å²) < 4.78 is 4.83. The monoisotopic (exact) mass is 524 g/mol. The zero-order chi connectivity index (χ0) is 27.5. The summed E-state index contributed by atoms with van der Waals surface area (Å²) in [6.07, 6.45) is 1.94.